The number of rotatable bonds is 10. The number of primary amides is 1. The molecule has 2 amide bonds. The smallest absolute Gasteiger partial charge is 0.387 e. The summed E-state index contributed by atoms with van der Waals surface area (Å²) in [4.78, 5) is 25.9. The Balaban J connectivity index is 1.67. The van der Waals surface area contributed by atoms with Gasteiger partial charge in [0.15, 0.2) is 0 Å². The van der Waals surface area contributed by atoms with Gasteiger partial charge in [-0.25, -0.2) is 0 Å². The Hall–Kier alpha value is -3.60. The first-order valence-electron chi connectivity index (χ1n) is 10.4. The van der Waals surface area contributed by atoms with Gasteiger partial charge in [0.2, 0.25) is 11.8 Å². The van der Waals surface area contributed by atoms with Gasteiger partial charge in [-0.15, -0.1) is 0 Å². The molecule has 1 unspecified atom stereocenters. The van der Waals surface area contributed by atoms with Crippen LogP contribution in [-0.4, -0.2) is 42.5 Å². The minimum absolute atomic E-state index is 0.0670. The molecule has 0 aliphatic carbocycles. The maximum absolute atomic E-state index is 12.7. The predicted molar refractivity (Wildman–Crippen MR) is 116 cm³/mol. The third-order valence-corrected chi connectivity index (χ3v) is 5.11. The number of hydrogen-bond donors (Lipinski definition) is 2. The van der Waals surface area contributed by atoms with Crippen molar-refractivity contribution in [3.8, 4) is 11.5 Å². The summed E-state index contributed by atoms with van der Waals surface area (Å²) < 4.78 is 58.6. The van der Waals surface area contributed by atoms with Gasteiger partial charge in [0.05, 0.1) is 6.04 Å². The molecular weight excluding hydrogens is 458 g/mol. The van der Waals surface area contributed by atoms with Crippen molar-refractivity contribution in [3.05, 3.63) is 59.7 Å². The van der Waals surface area contributed by atoms with Crippen LogP contribution in [-0.2, 0) is 16.1 Å². The van der Waals surface area contributed by atoms with Gasteiger partial charge < -0.3 is 20.5 Å². The standard InChI is InChI=1S/C23H23F4N3O4/c24-22(25)33-17-8-6-15(19(12-17)34-23(26)27)7-9-20(31)29-16-4-1-3-14(11-16)13-30-10-2-5-18(30)21(28)32/h1,3-4,6-9,11-12,18,22-23H,2,5,10,13H2,(H2,28,32)(H,29,31)/b9-7+. The SMILES string of the molecule is NC(=O)C1CCCN1Cc1cccc(NC(=O)/C=C/c2ccc(OC(F)F)cc2OC(F)F)c1. The summed E-state index contributed by atoms with van der Waals surface area (Å²) in [6, 6.07) is 9.96. The second-order valence-electron chi connectivity index (χ2n) is 7.51. The monoisotopic (exact) mass is 481 g/mol. The number of carbonyl (C=O) groups excluding carboxylic acids is 2. The Kier molecular flexibility index (Phi) is 8.47. The molecular formula is C23H23F4N3O4. The molecule has 3 N–H and O–H groups in total. The maximum Gasteiger partial charge on any atom is 0.387 e. The van der Waals surface area contributed by atoms with Gasteiger partial charge in [-0.1, -0.05) is 12.1 Å². The Morgan fingerprint density at radius 2 is 1.88 bits per heavy atom. The Labute approximate surface area is 193 Å². The number of carbonyl (C=O) groups is 2. The molecule has 7 nitrogen and oxygen atoms in total. The zero-order valence-corrected chi connectivity index (χ0v) is 17.9. The van der Waals surface area contributed by atoms with E-state index in [1.807, 2.05) is 11.0 Å². The number of nitrogens with two attached hydrogens (primary N) is 1. The lowest BCUT2D eigenvalue weighted by Crippen LogP contribution is -2.39. The fourth-order valence-corrected chi connectivity index (χ4v) is 3.70. The van der Waals surface area contributed by atoms with Crippen molar-refractivity contribution in [2.75, 3.05) is 11.9 Å². The summed E-state index contributed by atoms with van der Waals surface area (Å²) in [7, 11) is 0. The van der Waals surface area contributed by atoms with Gasteiger partial charge in [0.25, 0.3) is 0 Å². The summed E-state index contributed by atoms with van der Waals surface area (Å²) in [5.74, 6) is -1.70. The number of nitrogens with one attached hydrogen (secondary N) is 1. The first-order chi connectivity index (χ1) is 16.2. The molecule has 3 rings (SSSR count). The normalized spacial score (nSPS) is 16.4. The van der Waals surface area contributed by atoms with E-state index in [1.165, 1.54) is 12.1 Å². The first kappa shape index (κ1) is 25.0. The molecule has 1 aliphatic heterocycles. The molecule has 11 heteroatoms. The maximum atomic E-state index is 12.7. The summed E-state index contributed by atoms with van der Waals surface area (Å²) in [5, 5.41) is 2.66. The number of amides is 2. The fourth-order valence-electron chi connectivity index (χ4n) is 3.70. The molecule has 182 valence electrons. The minimum atomic E-state index is -3.20. The number of ether oxygens (including phenoxy) is 2. The van der Waals surface area contributed by atoms with E-state index in [0.29, 0.717) is 18.7 Å². The Morgan fingerprint density at radius 3 is 2.59 bits per heavy atom. The van der Waals surface area contributed by atoms with Crippen LogP contribution in [0.25, 0.3) is 6.08 Å². The molecule has 1 atom stereocenters. The number of alkyl halides is 4. The molecule has 0 radical (unpaired) electrons. The highest BCUT2D eigenvalue weighted by molar-refractivity contribution is 6.02. The minimum Gasteiger partial charge on any atom is -0.435 e. The van der Waals surface area contributed by atoms with E-state index < -0.39 is 24.9 Å². The zero-order valence-electron chi connectivity index (χ0n) is 17.9. The highest BCUT2D eigenvalue weighted by Gasteiger charge is 2.28. The summed E-state index contributed by atoms with van der Waals surface area (Å²) in [6.07, 6.45) is 3.90. The van der Waals surface area contributed by atoms with Crippen LogP contribution < -0.4 is 20.5 Å². The largest absolute Gasteiger partial charge is 0.435 e. The van der Waals surface area contributed by atoms with Crippen molar-refractivity contribution in [1.29, 1.82) is 0 Å². The molecule has 34 heavy (non-hydrogen) atoms. The molecule has 1 saturated heterocycles. The molecule has 0 spiro atoms. The zero-order chi connectivity index (χ0) is 24.7. The van der Waals surface area contributed by atoms with Gasteiger partial charge in [0, 0.05) is 29.9 Å². The van der Waals surface area contributed by atoms with Gasteiger partial charge in [0.1, 0.15) is 11.5 Å². The lowest BCUT2D eigenvalue weighted by Gasteiger charge is -2.22. The summed E-state index contributed by atoms with van der Waals surface area (Å²) >= 11 is 0. The summed E-state index contributed by atoms with van der Waals surface area (Å²) in [5.41, 5.74) is 6.88. The van der Waals surface area contributed by atoms with E-state index in [-0.39, 0.29) is 23.3 Å². The molecule has 1 heterocycles. The Bertz CT molecular complexity index is 1050. The van der Waals surface area contributed by atoms with Crippen molar-refractivity contribution >= 4 is 23.6 Å². The lowest BCUT2D eigenvalue weighted by atomic mass is 10.1. The second-order valence-corrected chi connectivity index (χ2v) is 7.51. The summed E-state index contributed by atoms with van der Waals surface area (Å²) in [6.45, 7) is -5.09. The lowest BCUT2D eigenvalue weighted by molar-refractivity contribution is -0.122. The molecule has 0 saturated carbocycles. The highest BCUT2D eigenvalue weighted by atomic mass is 19.3. The van der Waals surface area contributed by atoms with E-state index in [1.54, 1.807) is 18.2 Å². The third-order valence-electron chi connectivity index (χ3n) is 5.11. The molecule has 1 fully saturated rings. The average molecular weight is 481 g/mol. The molecule has 0 aromatic heterocycles. The van der Waals surface area contributed by atoms with Crippen LogP contribution in [0.4, 0.5) is 23.2 Å². The predicted octanol–water partition coefficient (Wildman–Crippen LogP) is 3.99. The highest BCUT2D eigenvalue weighted by Crippen LogP contribution is 2.28. The number of halogens is 4. The quantitative estimate of drug-likeness (QED) is 0.395. The van der Waals surface area contributed by atoms with Crippen molar-refractivity contribution in [3.63, 3.8) is 0 Å². The van der Waals surface area contributed by atoms with Crippen LogP contribution in [0.5, 0.6) is 11.5 Å². The number of benzene rings is 2. The van der Waals surface area contributed by atoms with Gasteiger partial charge >= 0.3 is 13.2 Å². The van der Waals surface area contributed by atoms with Crippen LogP contribution in [0.1, 0.15) is 24.0 Å². The molecule has 0 bridgehead atoms. The van der Waals surface area contributed by atoms with Crippen LogP contribution in [0, 0.1) is 0 Å². The van der Waals surface area contributed by atoms with E-state index in [0.717, 1.165) is 36.7 Å². The Morgan fingerprint density at radius 1 is 1.12 bits per heavy atom. The van der Waals surface area contributed by atoms with E-state index in [4.69, 9.17) is 5.73 Å². The average Bonchev–Trinajstić information content (AvgIpc) is 3.21. The van der Waals surface area contributed by atoms with Crippen LogP contribution in [0.15, 0.2) is 48.5 Å². The van der Waals surface area contributed by atoms with Crippen molar-refractivity contribution in [2.45, 2.75) is 38.7 Å². The van der Waals surface area contributed by atoms with Gasteiger partial charge in [-0.2, -0.15) is 17.6 Å². The van der Waals surface area contributed by atoms with Crippen molar-refractivity contribution in [2.24, 2.45) is 5.73 Å². The van der Waals surface area contributed by atoms with Crippen molar-refractivity contribution < 1.29 is 36.6 Å². The topological polar surface area (TPSA) is 93.9 Å². The first-order valence-corrected chi connectivity index (χ1v) is 10.4. The van der Waals surface area contributed by atoms with E-state index >= 15 is 0 Å². The van der Waals surface area contributed by atoms with E-state index in [2.05, 4.69) is 14.8 Å². The number of hydrogen-bond acceptors (Lipinski definition) is 5. The van der Waals surface area contributed by atoms with Crippen LogP contribution in [0.3, 0.4) is 0 Å². The second kappa shape index (κ2) is 11.5. The van der Waals surface area contributed by atoms with E-state index in [9.17, 15) is 27.2 Å². The van der Waals surface area contributed by atoms with Crippen LogP contribution in [0.2, 0.25) is 0 Å². The number of nitrogens with zero attached hydrogens (tertiary/aromatic N) is 1. The van der Waals surface area contributed by atoms with Gasteiger partial charge in [-0.05, 0) is 55.3 Å². The number of likely N-dealkylation sites (tertiary alicyclic amines) is 1. The molecule has 2 aromatic rings. The van der Waals surface area contributed by atoms with Gasteiger partial charge in [-0.3, -0.25) is 14.5 Å². The fraction of sp³-hybridized carbons (Fsp3) is 0.304. The number of anilines is 1. The molecule has 2 aromatic carbocycles. The van der Waals surface area contributed by atoms with Crippen molar-refractivity contribution in [1.82, 2.24) is 4.90 Å². The third kappa shape index (κ3) is 7.20. The van der Waals surface area contributed by atoms with Crippen LogP contribution >= 0.6 is 0 Å². The molecule has 1 aliphatic rings.